The van der Waals surface area contributed by atoms with E-state index in [0.717, 1.165) is 12.1 Å². The van der Waals surface area contributed by atoms with Gasteiger partial charge in [-0.15, -0.1) is 5.06 Å². The number of rotatable bonds is 11. The molecule has 17 heteroatoms. The summed E-state index contributed by atoms with van der Waals surface area (Å²) < 4.78 is 31.0. The average Bonchev–Trinajstić information content (AvgIpc) is 3.04. The number of hydrogen-bond donors (Lipinski definition) is 2. The molecule has 34 heavy (non-hydrogen) atoms. The molecule has 0 radical (unpaired) electrons. The Morgan fingerprint density at radius 2 is 2.03 bits per heavy atom. The van der Waals surface area contributed by atoms with Gasteiger partial charge in [-0.2, -0.15) is 8.42 Å². The van der Waals surface area contributed by atoms with Crippen molar-refractivity contribution in [3.8, 4) is 0 Å². The van der Waals surface area contributed by atoms with Crippen molar-refractivity contribution in [3.05, 3.63) is 44.3 Å². The molecule has 1 aromatic carbocycles. The van der Waals surface area contributed by atoms with Crippen LogP contribution in [-0.2, 0) is 29.3 Å². The molecule has 1 atom stereocenters. The molecule has 0 aromatic heterocycles. The van der Waals surface area contributed by atoms with Gasteiger partial charge in [0.1, 0.15) is 5.56 Å². The Bertz CT molecular complexity index is 1180. The summed E-state index contributed by atoms with van der Waals surface area (Å²) in [4.78, 5) is 65.0. The van der Waals surface area contributed by atoms with Gasteiger partial charge in [-0.3, -0.25) is 29.1 Å². The predicted molar refractivity (Wildman–Crippen MR) is 111 cm³/mol. The van der Waals surface area contributed by atoms with E-state index < -0.39 is 56.1 Å². The van der Waals surface area contributed by atoms with Gasteiger partial charge in [0, 0.05) is 29.6 Å². The average molecular weight is 498 g/mol. The maximum absolute atomic E-state index is 12.3. The fourth-order valence-electron chi connectivity index (χ4n) is 2.91. The number of nitrogens with one attached hydrogen (secondary N) is 1. The molecule has 0 bridgehead atoms. The molecule has 0 spiro atoms. The van der Waals surface area contributed by atoms with Crippen LogP contribution in [0.2, 0.25) is 0 Å². The Labute approximate surface area is 191 Å². The molecule has 1 aliphatic heterocycles. The number of hydroxylamine groups is 2. The van der Waals surface area contributed by atoms with E-state index >= 15 is 0 Å². The van der Waals surface area contributed by atoms with Gasteiger partial charge in [-0.25, -0.2) is 4.79 Å². The molecule has 1 saturated heterocycles. The Kier molecular flexibility index (Phi) is 8.60. The molecule has 182 valence electrons. The van der Waals surface area contributed by atoms with Crippen LogP contribution in [0.15, 0.2) is 23.3 Å². The number of carbonyl (C=O) groups is 4. The van der Waals surface area contributed by atoms with Crippen LogP contribution in [0.4, 0.5) is 11.4 Å². The number of imide groups is 1. The molecule has 1 heterocycles. The number of benzene rings is 1. The summed E-state index contributed by atoms with van der Waals surface area (Å²) in [7, 11) is -4.82. The SMILES string of the molecule is [N-]=[N+]=Nc1ccc([N+](=O)[O-])c(C(=O)NCCCCCC(=O)ON2C(=O)C[C@H](S(=O)(=O)O)C2=O)c1. The summed E-state index contributed by atoms with van der Waals surface area (Å²) in [5.41, 5.74) is 7.72. The number of carbonyl (C=O) groups excluding carboxylic acids is 4. The molecule has 0 saturated carbocycles. The second kappa shape index (κ2) is 11.2. The van der Waals surface area contributed by atoms with Crippen molar-refractivity contribution < 1.29 is 41.9 Å². The third-order valence-electron chi connectivity index (χ3n) is 4.54. The summed E-state index contributed by atoms with van der Waals surface area (Å²) in [5, 5.41) is 14.9. The summed E-state index contributed by atoms with van der Waals surface area (Å²) in [6.07, 6.45) is -0.115. The highest BCUT2D eigenvalue weighted by atomic mass is 32.2. The van der Waals surface area contributed by atoms with Gasteiger partial charge in [0.15, 0.2) is 5.25 Å². The number of hydrogen-bond acceptors (Lipinski definition) is 10. The smallest absolute Gasteiger partial charge is 0.333 e. The van der Waals surface area contributed by atoms with E-state index in [1.54, 1.807) is 0 Å². The maximum atomic E-state index is 12.3. The standard InChI is InChI=1S/C17H18N6O10S/c18-21-20-10-5-6-12(23(28)29)11(8-10)16(26)19-7-3-1-2-4-15(25)33-22-14(24)9-13(17(22)27)34(30,31)32/h5-6,8,13H,1-4,7,9H2,(H,19,26)(H,30,31,32)/t13-/m0/s1. The van der Waals surface area contributed by atoms with Crippen LogP contribution in [0.3, 0.4) is 0 Å². The van der Waals surface area contributed by atoms with Gasteiger partial charge in [-0.1, -0.05) is 11.5 Å². The Balaban J connectivity index is 1.77. The van der Waals surface area contributed by atoms with Crippen LogP contribution >= 0.6 is 0 Å². The van der Waals surface area contributed by atoms with E-state index in [4.69, 9.17) is 10.1 Å². The molecule has 1 aromatic rings. The van der Waals surface area contributed by atoms with Crippen LogP contribution in [-0.4, -0.2) is 58.4 Å². The first-order valence-corrected chi connectivity index (χ1v) is 11.1. The fraction of sp³-hybridized carbons (Fsp3) is 0.412. The Hall–Kier alpha value is -4.08. The second-order valence-electron chi connectivity index (χ2n) is 6.91. The normalized spacial score (nSPS) is 15.6. The van der Waals surface area contributed by atoms with Crippen LogP contribution in [0.25, 0.3) is 10.4 Å². The molecule has 0 aliphatic carbocycles. The Morgan fingerprint density at radius 1 is 1.32 bits per heavy atom. The van der Waals surface area contributed by atoms with E-state index in [9.17, 15) is 37.7 Å². The van der Waals surface area contributed by atoms with Crippen molar-refractivity contribution in [2.75, 3.05) is 6.54 Å². The van der Waals surface area contributed by atoms with Crippen molar-refractivity contribution in [2.24, 2.45) is 5.11 Å². The van der Waals surface area contributed by atoms with Gasteiger partial charge in [0.05, 0.1) is 11.3 Å². The van der Waals surface area contributed by atoms with Crippen molar-refractivity contribution in [1.82, 2.24) is 10.4 Å². The van der Waals surface area contributed by atoms with Gasteiger partial charge in [0.2, 0.25) is 0 Å². The highest BCUT2D eigenvalue weighted by molar-refractivity contribution is 7.87. The monoisotopic (exact) mass is 498 g/mol. The highest BCUT2D eigenvalue weighted by Gasteiger charge is 2.48. The van der Waals surface area contributed by atoms with Gasteiger partial charge >= 0.3 is 5.97 Å². The van der Waals surface area contributed by atoms with Gasteiger partial charge in [-0.05, 0) is 30.5 Å². The lowest BCUT2D eigenvalue weighted by Gasteiger charge is -2.13. The van der Waals surface area contributed by atoms with Crippen molar-refractivity contribution in [2.45, 2.75) is 37.4 Å². The molecule has 2 N–H and O–H groups in total. The first-order chi connectivity index (χ1) is 16.0. The first kappa shape index (κ1) is 26.2. The van der Waals surface area contributed by atoms with E-state index in [0.29, 0.717) is 12.8 Å². The highest BCUT2D eigenvalue weighted by Crippen LogP contribution is 2.24. The zero-order chi connectivity index (χ0) is 25.5. The van der Waals surface area contributed by atoms with Gasteiger partial charge < -0.3 is 10.2 Å². The lowest BCUT2D eigenvalue weighted by atomic mass is 10.1. The van der Waals surface area contributed by atoms with Gasteiger partial charge in [0.25, 0.3) is 33.5 Å². The first-order valence-electron chi connectivity index (χ1n) is 9.61. The number of nitro groups is 1. The maximum Gasteiger partial charge on any atom is 0.333 e. The topological polar surface area (TPSA) is 239 Å². The zero-order valence-electron chi connectivity index (χ0n) is 17.3. The molecular weight excluding hydrogens is 480 g/mol. The lowest BCUT2D eigenvalue weighted by Crippen LogP contribution is -2.36. The van der Waals surface area contributed by atoms with Crippen LogP contribution in [0.1, 0.15) is 42.5 Å². The summed E-state index contributed by atoms with van der Waals surface area (Å²) in [6.45, 7) is 0.0932. The minimum Gasteiger partial charge on any atom is -0.352 e. The molecule has 1 fully saturated rings. The molecule has 3 amide bonds. The second-order valence-corrected chi connectivity index (χ2v) is 8.51. The minimum absolute atomic E-state index is 0.0123. The number of nitro benzene ring substituents is 1. The number of unbranched alkanes of at least 4 members (excludes halogenated alkanes) is 2. The van der Waals surface area contributed by atoms with E-state index in [-0.39, 0.29) is 35.7 Å². The molecule has 0 unspecified atom stereocenters. The third-order valence-corrected chi connectivity index (χ3v) is 5.63. The number of nitrogens with zero attached hydrogens (tertiary/aromatic N) is 5. The molecule has 2 rings (SSSR count). The summed E-state index contributed by atoms with van der Waals surface area (Å²) in [6, 6.07) is 3.31. The van der Waals surface area contributed by atoms with Crippen molar-refractivity contribution in [3.63, 3.8) is 0 Å². The van der Waals surface area contributed by atoms with E-state index in [1.165, 1.54) is 6.07 Å². The predicted octanol–water partition coefficient (Wildman–Crippen LogP) is 1.30. The molecule has 16 nitrogen and oxygen atoms in total. The van der Waals surface area contributed by atoms with Crippen molar-refractivity contribution in [1.29, 1.82) is 0 Å². The van der Waals surface area contributed by atoms with E-state index in [2.05, 4.69) is 20.2 Å². The lowest BCUT2D eigenvalue weighted by molar-refractivity contribution is -0.385. The summed E-state index contributed by atoms with van der Waals surface area (Å²) >= 11 is 0. The zero-order valence-corrected chi connectivity index (χ0v) is 18.1. The van der Waals surface area contributed by atoms with Crippen molar-refractivity contribution >= 4 is 45.2 Å². The van der Waals surface area contributed by atoms with Crippen LogP contribution < -0.4 is 5.32 Å². The fourth-order valence-corrected chi connectivity index (χ4v) is 3.61. The quantitative estimate of drug-likeness (QED) is 0.0647. The summed E-state index contributed by atoms with van der Waals surface area (Å²) in [5.74, 6) is -4.18. The Morgan fingerprint density at radius 3 is 2.62 bits per heavy atom. The third kappa shape index (κ3) is 6.71. The van der Waals surface area contributed by atoms with E-state index in [1.807, 2.05) is 0 Å². The van der Waals surface area contributed by atoms with Crippen LogP contribution in [0, 0.1) is 10.1 Å². The van der Waals surface area contributed by atoms with Crippen LogP contribution in [0.5, 0.6) is 0 Å². The molecule has 1 aliphatic rings. The molecular formula is C17H18N6O10S. The number of azide groups is 1. The minimum atomic E-state index is -4.82. The number of amides is 3. The largest absolute Gasteiger partial charge is 0.352 e.